The molecule has 2 aromatic rings. The minimum absolute atomic E-state index is 0.934. The van der Waals surface area contributed by atoms with Crippen molar-refractivity contribution in [1.29, 1.82) is 0 Å². The van der Waals surface area contributed by atoms with Gasteiger partial charge in [-0.2, -0.15) is 0 Å². The molecule has 0 fully saturated rings. The molecular formula is C18H24N2. The van der Waals surface area contributed by atoms with E-state index in [0.29, 0.717) is 0 Å². The van der Waals surface area contributed by atoms with Crippen LogP contribution in [0.15, 0.2) is 54.6 Å². The van der Waals surface area contributed by atoms with Gasteiger partial charge < -0.3 is 10.2 Å². The lowest BCUT2D eigenvalue weighted by atomic mass is 10.1. The molecule has 0 aliphatic rings. The number of nitrogens with one attached hydrogen (secondary N) is 1. The predicted molar refractivity (Wildman–Crippen MR) is 87.0 cm³/mol. The molecule has 2 nitrogen and oxygen atoms in total. The summed E-state index contributed by atoms with van der Waals surface area (Å²) >= 11 is 0. The molecule has 106 valence electrons. The number of hydrogen-bond acceptors (Lipinski definition) is 2. The molecule has 0 saturated carbocycles. The van der Waals surface area contributed by atoms with Gasteiger partial charge in [-0.15, -0.1) is 0 Å². The van der Waals surface area contributed by atoms with Gasteiger partial charge in [0.25, 0.3) is 0 Å². The predicted octanol–water partition coefficient (Wildman–Crippen LogP) is 3.82. The van der Waals surface area contributed by atoms with Crippen molar-refractivity contribution >= 4 is 5.69 Å². The lowest BCUT2D eigenvalue weighted by molar-refractivity contribution is 0.673. The summed E-state index contributed by atoms with van der Waals surface area (Å²) in [6.07, 6.45) is 1.17. The number of rotatable bonds is 7. The Hall–Kier alpha value is -1.80. The van der Waals surface area contributed by atoms with Crippen molar-refractivity contribution in [3.8, 4) is 0 Å². The molecule has 2 aromatic carbocycles. The van der Waals surface area contributed by atoms with Crippen LogP contribution in [0.25, 0.3) is 0 Å². The molecule has 0 aliphatic carbocycles. The number of benzene rings is 2. The van der Waals surface area contributed by atoms with Crippen LogP contribution >= 0.6 is 0 Å². The molecule has 0 radical (unpaired) electrons. The first-order chi connectivity index (χ1) is 9.81. The topological polar surface area (TPSA) is 15.3 Å². The van der Waals surface area contributed by atoms with Gasteiger partial charge >= 0.3 is 0 Å². The highest BCUT2D eigenvalue weighted by Gasteiger charge is 2.07. The average molecular weight is 268 g/mol. The fourth-order valence-electron chi connectivity index (χ4n) is 2.37. The summed E-state index contributed by atoms with van der Waals surface area (Å²) in [4.78, 5) is 2.32. The Morgan fingerprint density at radius 2 is 1.65 bits per heavy atom. The zero-order valence-corrected chi connectivity index (χ0v) is 12.5. The van der Waals surface area contributed by atoms with Crippen molar-refractivity contribution in [2.45, 2.75) is 26.4 Å². The van der Waals surface area contributed by atoms with Crippen molar-refractivity contribution in [1.82, 2.24) is 5.32 Å². The van der Waals surface area contributed by atoms with Crippen LogP contribution in [0.2, 0.25) is 0 Å². The van der Waals surface area contributed by atoms with Crippen LogP contribution in [0.3, 0.4) is 0 Å². The SMILES string of the molecule is CCCNCc1ccccc1N(C)Cc1ccccc1. The highest BCUT2D eigenvalue weighted by atomic mass is 15.1. The lowest BCUT2D eigenvalue weighted by Gasteiger charge is -2.23. The third-order valence-corrected chi connectivity index (χ3v) is 3.41. The molecule has 0 saturated heterocycles. The summed E-state index contributed by atoms with van der Waals surface area (Å²) < 4.78 is 0. The summed E-state index contributed by atoms with van der Waals surface area (Å²) in [5.74, 6) is 0. The van der Waals surface area contributed by atoms with Gasteiger partial charge in [0.05, 0.1) is 0 Å². The van der Waals surface area contributed by atoms with E-state index < -0.39 is 0 Å². The smallest absolute Gasteiger partial charge is 0.0426 e. The summed E-state index contributed by atoms with van der Waals surface area (Å²) in [7, 11) is 2.16. The van der Waals surface area contributed by atoms with Crippen LogP contribution in [0.1, 0.15) is 24.5 Å². The second kappa shape index (κ2) is 7.71. The van der Waals surface area contributed by atoms with Gasteiger partial charge in [-0.3, -0.25) is 0 Å². The van der Waals surface area contributed by atoms with Gasteiger partial charge in [0.15, 0.2) is 0 Å². The molecule has 2 rings (SSSR count). The second-order valence-corrected chi connectivity index (χ2v) is 5.15. The highest BCUT2D eigenvalue weighted by Crippen LogP contribution is 2.20. The van der Waals surface area contributed by atoms with Crippen molar-refractivity contribution in [2.75, 3.05) is 18.5 Å². The third kappa shape index (κ3) is 4.10. The Kier molecular flexibility index (Phi) is 5.63. The molecule has 0 spiro atoms. The molecule has 0 unspecified atom stereocenters. The second-order valence-electron chi connectivity index (χ2n) is 5.15. The van der Waals surface area contributed by atoms with Gasteiger partial charge in [0, 0.05) is 25.8 Å². The molecule has 0 heterocycles. The molecule has 2 heteroatoms. The van der Waals surface area contributed by atoms with E-state index in [-0.39, 0.29) is 0 Å². The Morgan fingerprint density at radius 3 is 2.40 bits per heavy atom. The number of nitrogens with zero attached hydrogens (tertiary/aromatic N) is 1. The van der Waals surface area contributed by atoms with E-state index in [0.717, 1.165) is 19.6 Å². The maximum atomic E-state index is 3.48. The van der Waals surface area contributed by atoms with Crippen LogP contribution < -0.4 is 10.2 Å². The third-order valence-electron chi connectivity index (χ3n) is 3.41. The zero-order chi connectivity index (χ0) is 14.2. The summed E-state index contributed by atoms with van der Waals surface area (Å²) in [6, 6.07) is 19.2. The van der Waals surface area contributed by atoms with Gasteiger partial charge in [-0.25, -0.2) is 0 Å². The highest BCUT2D eigenvalue weighted by molar-refractivity contribution is 5.53. The Balaban J connectivity index is 2.07. The van der Waals surface area contributed by atoms with Gasteiger partial charge in [0.2, 0.25) is 0 Å². The zero-order valence-electron chi connectivity index (χ0n) is 12.5. The number of hydrogen-bond donors (Lipinski definition) is 1. The molecular weight excluding hydrogens is 244 g/mol. The average Bonchev–Trinajstić information content (AvgIpc) is 2.49. The van der Waals surface area contributed by atoms with E-state index in [4.69, 9.17) is 0 Å². The van der Waals surface area contributed by atoms with E-state index in [2.05, 4.69) is 78.8 Å². The minimum Gasteiger partial charge on any atom is -0.370 e. The standard InChI is InChI=1S/C18H24N2/c1-3-13-19-14-17-11-7-8-12-18(17)20(2)15-16-9-5-4-6-10-16/h4-12,19H,3,13-15H2,1-2H3. The maximum Gasteiger partial charge on any atom is 0.0426 e. The van der Waals surface area contributed by atoms with E-state index in [1.807, 2.05) is 0 Å². The van der Waals surface area contributed by atoms with Crippen LogP contribution in [0.5, 0.6) is 0 Å². The van der Waals surface area contributed by atoms with E-state index in [1.54, 1.807) is 0 Å². The van der Waals surface area contributed by atoms with Crippen LogP contribution in [-0.2, 0) is 13.1 Å². The van der Waals surface area contributed by atoms with E-state index >= 15 is 0 Å². The normalized spacial score (nSPS) is 10.5. The molecule has 0 bridgehead atoms. The molecule has 0 aliphatic heterocycles. The number of para-hydroxylation sites is 1. The van der Waals surface area contributed by atoms with E-state index in [1.165, 1.54) is 23.2 Å². The van der Waals surface area contributed by atoms with Crippen molar-refractivity contribution in [2.24, 2.45) is 0 Å². The first kappa shape index (κ1) is 14.6. The molecule has 1 N–H and O–H groups in total. The maximum absolute atomic E-state index is 3.48. The summed E-state index contributed by atoms with van der Waals surface area (Å²) in [6.45, 7) is 5.13. The Labute approximate surface area is 122 Å². The van der Waals surface area contributed by atoms with Crippen LogP contribution in [0.4, 0.5) is 5.69 Å². The Morgan fingerprint density at radius 1 is 0.950 bits per heavy atom. The van der Waals surface area contributed by atoms with Gasteiger partial charge in [-0.1, -0.05) is 55.5 Å². The largest absolute Gasteiger partial charge is 0.370 e. The first-order valence-electron chi connectivity index (χ1n) is 7.35. The Bertz CT molecular complexity index is 508. The molecule has 20 heavy (non-hydrogen) atoms. The molecule has 0 aromatic heterocycles. The summed E-state index contributed by atoms with van der Waals surface area (Å²) in [5.41, 5.74) is 4.01. The van der Waals surface area contributed by atoms with Gasteiger partial charge in [-0.05, 0) is 30.2 Å². The minimum atomic E-state index is 0.934. The van der Waals surface area contributed by atoms with Crippen LogP contribution in [-0.4, -0.2) is 13.6 Å². The fraction of sp³-hybridized carbons (Fsp3) is 0.333. The molecule has 0 atom stereocenters. The van der Waals surface area contributed by atoms with Gasteiger partial charge in [0.1, 0.15) is 0 Å². The molecule has 0 amide bonds. The lowest BCUT2D eigenvalue weighted by Crippen LogP contribution is -2.21. The van der Waals surface area contributed by atoms with Crippen molar-refractivity contribution < 1.29 is 0 Å². The quantitative estimate of drug-likeness (QED) is 0.768. The van der Waals surface area contributed by atoms with Crippen molar-refractivity contribution in [3.63, 3.8) is 0 Å². The first-order valence-corrected chi connectivity index (χ1v) is 7.35. The van der Waals surface area contributed by atoms with Crippen molar-refractivity contribution in [3.05, 3.63) is 65.7 Å². The van der Waals surface area contributed by atoms with Crippen LogP contribution in [0, 0.1) is 0 Å². The monoisotopic (exact) mass is 268 g/mol. The van der Waals surface area contributed by atoms with E-state index in [9.17, 15) is 0 Å². The number of anilines is 1. The summed E-state index contributed by atoms with van der Waals surface area (Å²) in [5, 5.41) is 3.48. The fourth-order valence-corrected chi connectivity index (χ4v) is 2.37.